The molecule has 2 aliphatic rings. The number of rotatable bonds is 7. The Bertz CT molecular complexity index is 764. The molecule has 0 bridgehead atoms. The third-order valence-corrected chi connectivity index (χ3v) is 7.13. The summed E-state index contributed by atoms with van der Waals surface area (Å²) in [5, 5.41) is 9.87. The Hall–Kier alpha value is -1.69. The highest BCUT2D eigenvalue weighted by molar-refractivity contribution is 7.99. The van der Waals surface area contributed by atoms with Gasteiger partial charge in [0.15, 0.2) is 11.0 Å². The molecule has 6 heteroatoms. The van der Waals surface area contributed by atoms with Gasteiger partial charge in [-0.05, 0) is 30.9 Å². The van der Waals surface area contributed by atoms with Gasteiger partial charge in [-0.25, -0.2) is 0 Å². The van der Waals surface area contributed by atoms with Crippen LogP contribution in [0.25, 0.3) is 11.4 Å². The lowest BCUT2D eigenvalue weighted by molar-refractivity contribution is -0.117. The minimum Gasteiger partial charge on any atom is -0.299 e. The summed E-state index contributed by atoms with van der Waals surface area (Å²) < 4.78 is 2.29. The van der Waals surface area contributed by atoms with Crippen LogP contribution in [-0.2, 0) is 4.79 Å². The van der Waals surface area contributed by atoms with Gasteiger partial charge < -0.3 is 0 Å². The van der Waals surface area contributed by atoms with Crippen molar-refractivity contribution in [2.24, 2.45) is 5.92 Å². The average Bonchev–Trinajstić information content (AvgIpc) is 3.18. The van der Waals surface area contributed by atoms with Crippen molar-refractivity contribution in [1.82, 2.24) is 19.7 Å². The monoisotopic (exact) mass is 398 g/mol. The molecule has 0 unspecified atom stereocenters. The van der Waals surface area contributed by atoms with Gasteiger partial charge in [0.25, 0.3) is 0 Å². The van der Waals surface area contributed by atoms with E-state index >= 15 is 0 Å². The number of aromatic nitrogens is 4. The number of pyridine rings is 1. The lowest BCUT2D eigenvalue weighted by atomic mass is 9.86. The van der Waals surface area contributed by atoms with Gasteiger partial charge in [-0.2, -0.15) is 0 Å². The largest absolute Gasteiger partial charge is 0.299 e. The van der Waals surface area contributed by atoms with Gasteiger partial charge in [-0.1, -0.05) is 63.1 Å². The lowest BCUT2D eigenvalue weighted by Gasteiger charge is -2.25. The van der Waals surface area contributed by atoms with Gasteiger partial charge in [-0.3, -0.25) is 14.3 Å². The van der Waals surface area contributed by atoms with Crippen molar-refractivity contribution in [3.8, 4) is 11.4 Å². The minimum absolute atomic E-state index is 0.359. The maximum atomic E-state index is 12.6. The molecule has 0 amide bonds. The fraction of sp³-hybridized carbons (Fsp3) is 0.636. The predicted molar refractivity (Wildman–Crippen MR) is 112 cm³/mol. The number of hydrogen-bond donors (Lipinski definition) is 0. The molecule has 0 atom stereocenters. The topological polar surface area (TPSA) is 60.7 Å². The van der Waals surface area contributed by atoms with Crippen molar-refractivity contribution in [2.45, 2.75) is 81.8 Å². The Morgan fingerprint density at radius 3 is 2.50 bits per heavy atom. The first kappa shape index (κ1) is 19.6. The van der Waals surface area contributed by atoms with Crippen LogP contribution in [0.4, 0.5) is 0 Å². The Morgan fingerprint density at radius 2 is 1.79 bits per heavy atom. The summed E-state index contributed by atoms with van der Waals surface area (Å²) >= 11 is 1.57. The van der Waals surface area contributed by atoms with Crippen LogP contribution in [0.2, 0.25) is 0 Å². The zero-order valence-corrected chi connectivity index (χ0v) is 17.4. The summed E-state index contributed by atoms with van der Waals surface area (Å²) in [4.78, 5) is 16.8. The molecule has 4 rings (SSSR count). The zero-order chi connectivity index (χ0) is 19.2. The summed E-state index contributed by atoms with van der Waals surface area (Å²) in [5.74, 6) is 2.36. The summed E-state index contributed by atoms with van der Waals surface area (Å²) in [7, 11) is 0. The molecule has 0 aromatic carbocycles. The van der Waals surface area contributed by atoms with Crippen molar-refractivity contribution in [2.75, 3.05) is 5.75 Å². The molecule has 2 aromatic heterocycles. The van der Waals surface area contributed by atoms with E-state index in [0.717, 1.165) is 35.8 Å². The normalized spacial score (nSPS) is 19.0. The number of ketones is 1. The third kappa shape index (κ3) is 4.83. The highest BCUT2D eigenvalue weighted by Crippen LogP contribution is 2.35. The molecule has 150 valence electrons. The van der Waals surface area contributed by atoms with E-state index in [4.69, 9.17) is 0 Å². The highest BCUT2D eigenvalue weighted by Gasteiger charge is 2.25. The number of carbonyl (C=O) groups excluding carboxylic acids is 1. The van der Waals surface area contributed by atoms with Crippen LogP contribution in [-0.4, -0.2) is 31.3 Å². The second-order valence-electron chi connectivity index (χ2n) is 8.25. The fourth-order valence-electron chi connectivity index (χ4n) is 4.65. The second-order valence-corrected chi connectivity index (χ2v) is 9.19. The molecule has 0 aliphatic heterocycles. The van der Waals surface area contributed by atoms with Crippen LogP contribution in [0.1, 0.15) is 76.7 Å². The summed E-state index contributed by atoms with van der Waals surface area (Å²) in [5.41, 5.74) is 1.00. The Labute approximate surface area is 171 Å². The maximum Gasteiger partial charge on any atom is 0.192 e. The number of hydrogen-bond acceptors (Lipinski definition) is 5. The van der Waals surface area contributed by atoms with E-state index in [1.54, 1.807) is 18.0 Å². The molecule has 0 spiro atoms. The first-order valence-corrected chi connectivity index (χ1v) is 11.8. The van der Waals surface area contributed by atoms with Gasteiger partial charge in [-0.15, -0.1) is 10.2 Å². The summed E-state index contributed by atoms with van der Waals surface area (Å²) in [6.07, 6.45) is 16.9. The Balaban J connectivity index is 1.48. The molecule has 2 aliphatic carbocycles. The average molecular weight is 399 g/mol. The number of thioether (sulfide) groups is 1. The smallest absolute Gasteiger partial charge is 0.192 e. The molecule has 0 saturated heterocycles. The molecule has 0 N–H and O–H groups in total. The number of Topliss-reactive ketones (excluding diaryl/α,β-unsaturated/α-hetero) is 1. The minimum atomic E-state index is 0.359. The standard InChI is InChI=1S/C22H30N4OS/c27-20(14-17-8-3-1-4-9-17)16-28-22-25-24-21(18-10-7-13-23-15-18)26(22)19-11-5-2-6-12-19/h7,10,13,15,17,19H,1-6,8-9,11-12,14,16H2. The van der Waals surface area contributed by atoms with Crippen LogP contribution < -0.4 is 0 Å². The Kier molecular flexibility index (Phi) is 6.78. The SMILES string of the molecule is O=C(CSc1nnc(-c2cccnc2)n1C1CCCCC1)CC1CCCCC1. The van der Waals surface area contributed by atoms with Gasteiger partial charge in [0.05, 0.1) is 5.75 Å². The fourth-order valence-corrected chi connectivity index (χ4v) is 5.53. The Morgan fingerprint density at radius 1 is 1.04 bits per heavy atom. The molecule has 28 heavy (non-hydrogen) atoms. The van der Waals surface area contributed by atoms with Crippen LogP contribution in [0.5, 0.6) is 0 Å². The molecule has 2 fully saturated rings. The predicted octanol–water partition coefficient (Wildman–Crippen LogP) is 5.48. The number of carbonyl (C=O) groups is 1. The van der Waals surface area contributed by atoms with E-state index in [1.807, 2.05) is 18.3 Å². The molecular formula is C22H30N4OS. The van der Waals surface area contributed by atoms with Crippen LogP contribution in [0.3, 0.4) is 0 Å². The van der Waals surface area contributed by atoms with Crippen molar-refractivity contribution in [3.63, 3.8) is 0 Å². The van der Waals surface area contributed by atoms with Gasteiger partial charge in [0, 0.05) is 30.4 Å². The number of nitrogens with zero attached hydrogens (tertiary/aromatic N) is 4. The van der Waals surface area contributed by atoms with Crippen LogP contribution >= 0.6 is 11.8 Å². The molecular weight excluding hydrogens is 368 g/mol. The maximum absolute atomic E-state index is 12.6. The first-order valence-electron chi connectivity index (χ1n) is 10.8. The van der Waals surface area contributed by atoms with E-state index in [9.17, 15) is 4.79 Å². The van der Waals surface area contributed by atoms with E-state index in [-0.39, 0.29) is 0 Å². The van der Waals surface area contributed by atoms with E-state index in [0.29, 0.717) is 23.5 Å². The molecule has 2 aromatic rings. The van der Waals surface area contributed by atoms with Gasteiger partial charge in [0.1, 0.15) is 5.78 Å². The zero-order valence-electron chi connectivity index (χ0n) is 16.6. The molecule has 5 nitrogen and oxygen atoms in total. The molecule has 2 heterocycles. The third-order valence-electron chi connectivity index (χ3n) is 6.13. The summed E-state index contributed by atoms with van der Waals surface area (Å²) in [6, 6.07) is 4.41. The molecule has 0 radical (unpaired) electrons. The summed E-state index contributed by atoms with van der Waals surface area (Å²) in [6.45, 7) is 0. The quantitative estimate of drug-likeness (QED) is 0.578. The van der Waals surface area contributed by atoms with E-state index in [1.165, 1.54) is 51.4 Å². The lowest BCUT2D eigenvalue weighted by Crippen LogP contribution is -2.16. The van der Waals surface area contributed by atoms with Crippen molar-refractivity contribution in [1.29, 1.82) is 0 Å². The van der Waals surface area contributed by atoms with Crippen LogP contribution in [0.15, 0.2) is 29.7 Å². The van der Waals surface area contributed by atoms with E-state index < -0.39 is 0 Å². The second kappa shape index (κ2) is 9.68. The van der Waals surface area contributed by atoms with E-state index in [2.05, 4.69) is 19.7 Å². The highest BCUT2D eigenvalue weighted by atomic mass is 32.2. The van der Waals surface area contributed by atoms with Gasteiger partial charge >= 0.3 is 0 Å². The first-order chi connectivity index (χ1) is 13.8. The van der Waals surface area contributed by atoms with Gasteiger partial charge in [0.2, 0.25) is 0 Å². The molecule has 2 saturated carbocycles. The van der Waals surface area contributed by atoms with Crippen LogP contribution in [0, 0.1) is 5.92 Å². The van der Waals surface area contributed by atoms with Crippen molar-refractivity contribution >= 4 is 17.5 Å². The van der Waals surface area contributed by atoms with Crippen molar-refractivity contribution < 1.29 is 4.79 Å². The van der Waals surface area contributed by atoms with Crippen molar-refractivity contribution in [3.05, 3.63) is 24.5 Å².